The Balaban J connectivity index is 2.09. The second-order valence-electron chi connectivity index (χ2n) is 6.35. The van der Waals surface area contributed by atoms with E-state index in [-0.39, 0.29) is 0 Å². The average Bonchev–Trinajstić information content (AvgIpc) is 2.34. The van der Waals surface area contributed by atoms with Gasteiger partial charge in [0.15, 0.2) is 0 Å². The van der Waals surface area contributed by atoms with Gasteiger partial charge in [-0.15, -0.1) is 0 Å². The van der Waals surface area contributed by atoms with Crippen molar-refractivity contribution in [3.05, 3.63) is 0 Å². The van der Waals surface area contributed by atoms with Crippen LogP contribution < -0.4 is 0 Å². The molecule has 1 aliphatic carbocycles. The fourth-order valence-electron chi connectivity index (χ4n) is 3.05. The Morgan fingerprint density at radius 3 is 2.35 bits per heavy atom. The second kappa shape index (κ2) is 8.13. The molecule has 1 heteroatoms. The van der Waals surface area contributed by atoms with Crippen LogP contribution in [0.3, 0.4) is 0 Å². The minimum atomic E-state index is -0.398. The Hall–Kier alpha value is -0.0400. The molecular weight excluding hydrogens is 208 g/mol. The molecule has 0 heterocycles. The number of rotatable bonds is 8. The highest BCUT2D eigenvalue weighted by Crippen LogP contribution is 2.31. The third-order valence-electron chi connectivity index (χ3n) is 4.38. The Morgan fingerprint density at radius 2 is 1.71 bits per heavy atom. The molecular formula is C16H32O. The first-order valence-electron chi connectivity index (χ1n) is 7.86. The van der Waals surface area contributed by atoms with Crippen molar-refractivity contribution in [2.75, 3.05) is 0 Å². The molecule has 1 atom stereocenters. The summed E-state index contributed by atoms with van der Waals surface area (Å²) in [5.41, 5.74) is -0.398. The van der Waals surface area contributed by atoms with Gasteiger partial charge < -0.3 is 5.11 Å². The molecule has 1 aliphatic rings. The van der Waals surface area contributed by atoms with E-state index in [1.165, 1.54) is 64.2 Å². The summed E-state index contributed by atoms with van der Waals surface area (Å²) in [6.45, 7) is 4.28. The highest BCUT2D eigenvalue weighted by Gasteiger charge is 2.22. The molecule has 0 aromatic rings. The quantitative estimate of drug-likeness (QED) is 0.587. The molecule has 1 saturated carbocycles. The smallest absolute Gasteiger partial charge is 0.0619 e. The molecule has 1 fully saturated rings. The van der Waals surface area contributed by atoms with Crippen LogP contribution in [0.4, 0.5) is 0 Å². The molecule has 0 bridgehead atoms. The van der Waals surface area contributed by atoms with Crippen LogP contribution in [-0.2, 0) is 0 Å². The average molecular weight is 240 g/mol. The molecule has 0 aliphatic heterocycles. The maximum Gasteiger partial charge on any atom is 0.0619 e. The topological polar surface area (TPSA) is 20.2 Å². The van der Waals surface area contributed by atoms with Gasteiger partial charge in [0.05, 0.1) is 5.60 Å². The van der Waals surface area contributed by atoms with E-state index in [0.717, 1.165) is 18.8 Å². The maximum absolute atomic E-state index is 10.3. The van der Waals surface area contributed by atoms with Gasteiger partial charge in [-0.05, 0) is 32.1 Å². The van der Waals surface area contributed by atoms with E-state index >= 15 is 0 Å². The monoisotopic (exact) mass is 240 g/mol. The van der Waals surface area contributed by atoms with Gasteiger partial charge in [-0.1, -0.05) is 64.7 Å². The normalized spacial score (nSPS) is 21.4. The van der Waals surface area contributed by atoms with E-state index in [1.54, 1.807) is 0 Å². The Labute approximate surface area is 108 Å². The number of unbranched alkanes of at least 4 members (excludes halogenated alkanes) is 3. The van der Waals surface area contributed by atoms with Gasteiger partial charge in [0.2, 0.25) is 0 Å². The second-order valence-corrected chi connectivity index (χ2v) is 6.35. The molecule has 1 N–H and O–H groups in total. The van der Waals surface area contributed by atoms with Crippen molar-refractivity contribution in [2.24, 2.45) is 5.92 Å². The van der Waals surface area contributed by atoms with Crippen LogP contribution in [-0.4, -0.2) is 10.7 Å². The van der Waals surface area contributed by atoms with E-state index in [1.807, 2.05) is 6.92 Å². The summed E-state index contributed by atoms with van der Waals surface area (Å²) >= 11 is 0. The van der Waals surface area contributed by atoms with Crippen LogP contribution in [0.2, 0.25) is 0 Å². The van der Waals surface area contributed by atoms with Crippen molar-refractivity contribution in [1.82, 2.24) is 0 Å². The molecule has 102 valence electrons. The van der Waals surface area contributed by atoms with E-state index in [4.69, 9.17) is 0 Å². The summed E-state index contributed by atoms with van der Waals surface area (Å²) < 4.78 is 0. The van der Waals surface area contributed by atoms with Crippen molar-refractivity contribution in [2.45, 2.75) is 96.5 Å². The van der Waals surface area contributed by atoms with Gasteiger partial charge >= 0.3 is 0 Å². The number of hydrogen-bond donors (Lipinski definition) is 1. The third-order valence-corrected chi connectivity index (χ3v) is 4.38. The molecule has 0 amide bonds. The zero-order valence-corrected chi connectivity index (χ0v) is 12.0. The molecule has 1 unspecified atom stereocenters. The summed E-state index contributed by atoms with van der Waals surface area (Å²) in [5.74, 6) is 0.908. The van der Waals surface area contributed by atoms with Crippen molar-refractivity contribution in [3.63, 3.8) is 0 Å². The fraction of sp³-hybridized carbons (Fsp3) is 1.00. The zero-order chi connectivity index (χ0) is 12.6. The lowest BCUT2D eigenvalue weighted by molar-refractivity contribution is 0.0311. The summed E-state index contributed by atoms with van der Waals surface area (Å²) in [5, 5.41) is 10.3. The van der Waals surface area contributed by atoms with Gasteiger partial charge in [-0.3, -0.25) is 0 Å². The predicted octanol–water partition coefficient (Wildman–Crippen LogP) is 5.07. The molecule has 1 nitrogen and oxygen atoms in total. The predicted molar refractivity (Wildman–Crippen MR) is 75.2 cm³/mol. The summed E-state index contributed by atoms with van der Waals surface area (Å²) in [4.78, 5) is 0. The van der Waals surface area contributed by atoms with E-state index in [0.29, 0.717) is 0 Å². The molecule has 0 aromatic carbocycles. The van der Waals surface area contributed by atoms with Crippen LogP contribution in [0.5, 0.6) is 0 Å². The lowest BCUT2D eigenvalue weighted by Gasteiger charge is -2.28. The minimum Gasteiger partial charge on any atom is -0.390 e. The third kappa shape index (κ3) is 7.08. The standard InChI is InChI=1S/C16H32O/c1-3-4-5-9-13-16(2,17)14-12-15-10-7-6-8-11-15/h15,17H,3-14H2,1-2H3. The highest BCUT2D eigenvalue weighted by atomic mass is 16.3. The summed E-state index contributed by atoms with van der Waals surface area (Å²) in [6, 6.07) is 0. The molecule has 0 spiro atoms. The lowest BCUT2D eigenvalue weighted by Crippen LogP contribution is -2.25. The van der Waals surface area contributed by atoms with Gasteiger partial charge in [0.25, 0.3) is 0 Å². The van der Waals surface area contributed by atoms with E-state index in [2.05, 4.69) is 6.92 Å². The number of aliphatic hydroxyl groups is 1. The summed E-state index contributed by atoms with van der Waals surface area (Å²) in [7, 11) is 0. The minimum absolute atomic E-state index is 0.398. The van der Waals surface area contributed by atoms with Gasteiger partial charge in [0, 0.05) is 0 Å². The van der Waals surface area contributed by atoms with Crippen LogP contribution >= 0.6 is 0 Å². The van der Waals surface area contributed by atoms with Crippen LogP contribution in [0.15, 0.2) is 0 Å². The van der Waals surface area contributed by atoms with Crippen molar-refractivity contribution in [3.8, 4) is 0 Å². The highest BCUT2D eigenvalue weighted by molar-refractivity contribution is 4.76. The Morgan fingerprint density at radius 1 is 1.00 bits per heavy atom. The van der Waals surface area contributed by atoms with Crippen molar-refractivity contribution >= 4 is 0 Å². The summed E-state index contributed by atoms with van der Waals surface area (Å²) in [6.07, 6.45) is 15.4. The Bertz CT molecular complexity index is 180. The largest absolute Gasteiger partial charge is 0.390 e. The maximum atomic E-state index is 10.3. The first-order valence-corrected chi connectivity index (χ1v) is 7.86. The van der Waals surface area contributed by atoms with Gasteiger partial charge in [-0.25, -0.2) is 0 Å². The Kier molecular flexibility index (Phi) is 7.18. The first kappa shape index (κ1) is 15.0. The zero-order valence-electron chi connectivity index (χ0n) is 12.0. The fourth-order valence-corrected chi connectivity index (χ4v) is 3.05. The van der Waals surface area contributed by atoms with Crippen molar-refractivity contribution in [1.29, 1.82) is 0 Å². The molecule has 0 saturated heterocycles. The van der Waals surface area contributed by atoms with Crippen LogP contribution in [0.1, 0.15) is 90.9 Å². The van der Waals surface area contributed by atoms with Gasteiger partial charge in [-0.2, -0.15) is 0 Å². The molecule has 1 rings (SSSR count). The van der Waals surface area contributed by atoms with Crippen LogP contribution in [0, 0.1) is 5.92 Å². The van der Waals surface area contributed by atoms with Crippen LogP contribution in [0.25, 0.3) is 0 Å². The van der Waals surface area contributed by atoms with E-state index in [9.17, 15) is 5.11 Å². The SMILES string of the molecule is CCCCCCC(C)(O)CCC1CCCCC1. The lowest BCUT2D eigenvalue weighted by atomic mass is 9.82. The van der Waals surface area contributed by atoms with Gasteiger partial charge in [0.1, 0.15) is 0 Å². The van der Waals surface area contributed by atoms with Crippen molar-refractivity contribution < 1.29 is 5.11 Å². The van der Waals surface area contributed by atoms with E-state index < -0.39 is 5.60 Å². The molecule has 0 radical (unpaired) electrons. The molecule has 17 heavy (non-hydrogen) atoms. The number of hydrogen-bond acceptors (Lipinski definition) is 1. The first-order chi connectivity index (χ1) is 8.14. The molecule has 0 aromatic heterocycles.